The Labute approximate surface area is 212 Å². The summed E-state index contributed by atoms with van der Waals surface area (Å²) < 4.78 is 11.8. The van der Waals surface area contributed by atoms with Gasteiger partial charge in [0.1, 0.15) is 30.0 Å². The second-order valence-corrected chi connectivity index (χ2v) is 12.0. The maximum atomic E-state index is 10.7. The van der Waals surface area contributed by atoms with Crippen LogP contribution in [0.1, 0.15) is 52.4 Å². The van der Waals surface area contributed by atoms with Crippen LogP contribution in [-0.2, 0) is 9.47 Å². The van der Waals surface area contributed by atoms with E-state index in [1.165, 1.54) is 5.57 Å². The van der Waals surface area contributed by atoms with Crippen molar-refractivity contribution in [3.63, 3.8) is 0 Å². The predicted octanol–water partition coefficient (Wildman–Crippen LogP) is -0.951. The Hall–Kier alpha value is -0.660. The molecular weight excluding hydrogens is 472 g/mol. The summed E-state index contributed by atoms with van der Waals surface area (Å²) in [6.45, 7) is 2.58. The lowest BCUT2D eigenvalue weighted by Gasteiger charge is -2.61. The molecule has 10 heteroatoms. The Morgan fingerprint density at radius 3 is 2.31 bits per heavy atom. The van der Waals surface area contributed by atoms with Gasteiger partial charge in [-0.2, -0.15) is 0 Å². The average Bonchev–Trinajstić information content (AvgIpc) is 2.89. The molecule has 0 aromatic rings. The van der Waals surface area contributed by atoms with Gasteiger partial charge in [-0.3, -0.25) is 0 Å². The molecule has 0 aromatic heterocycles. The van der Waals surface area contributed by atoms with E-state index in [0.717, 1.165) is 12.8 Å². The molecule has 0 spiro atoms. The summed E-state index contributed by atoms with van der Waals surface area (Å²) in [5.74, 6) is 0.0805. The highest BCUT2D eigenvalue weighted by Gasteiger charge is 2.60. The molecule has 0 aromatic carbocycles. The van der Waals surface area contributed by atoms with Crippen molar-refractivity contribution < 1.29 is 50.3 Å². The van der Waals surface area contributed by atoms with E-state index in [1.807, 2.05) is 6.92 Å². The molecule has 2 saturated carbocycles. The zero-order valence-corrected chi connectivity index (χ0v) is 21.2. The van der Waals surface area contributed by atoms with Crippen LogP contribution < -0.4 is 0 Å². The van der Waals surface area contributed by atoms with Gasteiger partial charge < -0.3 is 50.3 Å². The zero-order valence-electron chi connectivity index (χ0n) is 21.2. The zero-order chi connectivity index (χ0) is 26.5. The highest BCUT2D eigenvalue weighted by atomic mass is 16.7. The van der Waals surface area contributed by atoms with E-state index in [9.17, 15) is 40.9 Å². The molecule has 3 fully saturated rings. The standard InChI is InChI=1S/C26H44O10/c1-24-8-7-19(36-23-22(33)21(32)20(31)17(10-27)35-23)25(2,11-28)18(24)6-3-14-9-15(4-5-16(14)24)26(34,12-29)13-30/h3,15-23,27-34H,4-13H2,1-2H3. The summed E-state index contributed by atoms with van der Waals surface area (Å²) in [6.07, 6.45) is -0.909. The first-order valence-corrected chi connectivity index (χ1v) is 13.2. The second-order valence-electron chi connectivity index (χ2n) is 12.0. The quantitative estimate of drug-likeness (QED) is 0.197. The number of hydrogen-bond donors (Lipinski definition) is 8. The molecule has 0 amide bonds. The van der Waals surface area contributed by atoms with Gasteiger partial charge in [0.15, 0.2) is 6.29 Å². The van der Waals surface area contributed by atoms with E-state index in [-0.39, 0.29) is 29.8 Å². The summed E-state index contributed by atoms with van der Waals surface area (Å²) >= 11 is 0. The third-order valence-electron chi connectivity index (χ3n) is 10.2. The Bertz CT molecular complexity index is 800. The maximum absolute atomic E-state index is 10.7. The van der Waals surface area contributed by atoms with Gasteiger partial charge in [0.2, 0.25) is 0 Å². The number of hydrogen-bond acceptors (Lipinski definition) is 10. The number of fused-ring (bicyclic) bond motifs is 3. The van der Waals surface area contributed by atoms with Crippen molar-refractivity contribution in [1.82, 2.24) is 0 Å². The Morgan fingerprint density at radius 1 is 1.00 bits per heavy atom. The third kappa shape index (κ3) is 4.47. The molecule has 208 valence electrons. The first kappa shape index (κ1) is 28.4. The monoisotopic (exact) mass is 516 g/mol. The van der Waals surface area contributed by atoms with Gasteiger partial charge in [0.25, 0.3) is 0 Å². The van der Waals surface area contributed by atoms with Crippen molar-refractivity contribution >= 4 is 0 Å². The number of aliphatic hydroxyl groups is 8. The summed E-state index contributed by atoms with van der Waals surface area (Å²) in [7, 11) is 0. The minimum absolute atomic E-state index is 0.0542. The van der Waals surface area contributed by atoms with Crippen LogP contribution in [0.5, 0.6) is 0 Å². The highest BCUT2D eigenvalue weighted by Crippen LogP contribution is 2.63. The molecule has 8 N–H and O–H groups in total. The molecule has 3 aliphatic carbocycles. The van der Waals surface area contributed by atoms with E-state index in [2.05, 4.69) is 13.0 Å². The molecule has 0 radical (unpaired) electrons. The van der Waals surface area contributed by atoms with E-state index in [4.69, 9.17) is 9.47 Å². The van der Waals surface area contributed by atoms with Crippen LogP contribution in [0, 0.1) is 28.6 Å². The van der Waals surface area contributed by atoms with Crippen molar-refractivity contribution in [2.24, 2.45) is 28.6 Å². The van der Waals surface area contributed by atoms with Crippen LogP contribution in [0.15, 0.2) is 11.6 Å². The van der Waals surface area contributed by atoms with Crippen LogP contribution >= 0.6 is 0 Å². The molecule has 11 unspecified atom stereocenters. The van der Waals surface area contributed by atoms with Crippen molar-refractivity contribution in [2.75, 3.05) is 26.4 Å². The summed E-state index contributed by atoms with van der Waals surface area (Å²) in [4.78, 5) is 0. The number of aliphatic hydroxyl groups excluding tert-OH is 7. The van der Waals surface area contributed by atoms with Crippen LogP contribution in [0.3, 0.4) is 0 Å². The maximum Gasteiger partial charge on any atom is 0.186 e. The van der Waals surface area contributed by atoms with Gasteiger partial charge in [0.05, 0.1) is 32.5 Å². The lowest BCUT2D eigenvalue weighted by atomic mass is 9.45. The first-order chi connectivity index (χ1) is 17.0. The molecule has 4 aliphatic rings. The van der Waals surface area contributed by atoms with Crippen LogP contribution in [0.4, 0.5) is 0 Å². The first-order valence-electron chi connectivity index (χ1n) is 13.2. The van der Waals surface area contributed by atoms with Gasteiger partial charge in [-0.15, -0.1) is 0 Å². The lowest BCUT2D eigenvalue weighted by Crippen LogP contribution is -2.63. The van der Waals surface area contributed by atoms with Gasteiger partial charge in [-0.25, -0.2) is 0 Å². The van der Waals surface area contributed by atoms with E-state index in [0.29, 0.717) is 25.7 Å². The minimum Gasteiger partial charge on any atom is -0.396 e. The molecule has 1 saturated heterocycles. The topological polar surface area (TPSA) is 180 Å². The van der Waals surface area contributed by atoms with E-state index < -0.39 is 67.6 Å². The Balaban J connectivity index is 1.55. The van der Waals surface area contributed by atoms with Gasteiger partial charge in [-0.1, -0.05) is 25.5 Å². The van der Waals surface area contributed by atoms with Crippen LogP contribution in [0.25, 0.3) is 0 Å². The number of rotatable bonds is 7. The molecule has 36 heavy (non-hydrogen) atoms. The molecule has 4 rings (SSSR count). The fourth-order valence-corrected chi connectivity index (χ4v) is 7.75. The lowest BCUT2D eigenvalue weighted by molar-refractivity contribution is -0.329. The average molecular weight is 517 g/mol. The van der Waals surface area contributed by atoms with Crippen molar-refractivity contribution in [2.45, 2.75) is 94.8 Å². The van der Waals surface area contributed by atoms with Crippen molar-refractivity contribution in [1.29, 1.82) is 0 Å². The van der Waals surface area contributed by atoms with Gasteiger partial charge >= 0.3 is 0 Å². The third-order valence-corrected chi connectivity index (χ3v) is 10.2. The fraction of sp³-hybridized carbons (Fsp3) is 0.923. The van der Waals surface area contributed by atoms with E-state index >= 15 is 0 Å². The summed E-state index contributed by atoms with van der Waals surface area (Å²) in [6, 6.07) is 0. The molecular formula is C26H44O10. The minimum atomic E-state index is -1.53. The van der Waals surface area contributed by atoms with E-state index in [1.54, 1.807) is 0 Å². The van der Waals surface area contributed by atoms with Crippen molar-refractivity contribution in [3.05, 3.63) is 11.6 Å². The Kier molecular flexibility index (Phi) is 8.26. The molecule has 0 bridgehead atoms. The molecule has 1 aliphatic heterocycles. The molecule has 11 atom stereocenters. The number of ether oxygens (including phenoxy) is 2. The summed E-state index contributed by atoms with van der Waals surface area (Å²) in [5, 5.41) is 81.0. The molecule has 1 heterocycles. The Morgan fingerprint density at radius 2 is 1.69 bits per heavy atom. The second kappa shape index (κ2) is 10.5. The normalized spacial score (nSPS) is 47.6. The predicted molar refractivity (Wildman–Crippen MR) is 127 cm³/mol. The van der Waals surface area contributed by atoms with Crippen LogP contribution in [-0.4, -0.2) is 110 Å². The van der Waals surface area contributed by atoms with Crippen LogP contribution in [0.2, 0.25) is 0 Å². The number of allylic oxidation sites excluding steroid dienone is 2. The largest absolute Gasteiger partial charge is 0.396 e. The SMILES string of the molecule is CC1(CO)C(OC2OC(CO)C(O)C(O)C2O)CCC2(C)C3CCC(C(O)(CO)CO)CC3=CCC12. The van der Waals surface area contributed by atoms with Gasteiger partial charge in [0, 0.05) is 5.41 Å². The smallest absolute Gasteiger partial charge is 0.186 e. The fourth-order valence-electron chi connectivity index (χ4n) is 7.75. The van der Waals surface area contributed by atoms with Crippen molar-refractivity contribution in [3.8, 4) is 0 Å². The summed E-state index contributed by atoms with van der Waals surface area (Å²) in [5.41, 5.74) is -1.08. The van der Waals surface area contributed by atoms with Gasteiger partial charge in [-0.05, 0) is 61.7 Å². The molecule has 10 nitrogen and oxygen atoms in total. The highest BCUT2D eigenvalue weighted by molar-refractivity contribution is 5.24.